The molecule has 0 saturated heterocycles. The second kappa shape index (κ2) is 7.47. The van der Waals surface area contributed by atoms with Crippen LogP contribution in [0.5, 0.6) is 0 Å². The highest BCUT2D eigenvalue weighted by Crippen LogP contribution is 2.28. The van der Waals surface area contributed by atoms with Crippen molar-refractivity contribution in [3.63, 3.8) is 0 Å². The first-order valence-corrected chi connectivity index (χ1v) is 9.82. The van der Waals surface area contributed by atoms with E-state index < -0.39 is 12.0 Å². The van der Waals surface area contributed by atoms with E-state index in [2.05, 4.69) is 4.98 Å². The van der Waals surface area contributed by atoms with Crippen molar-refractivity contribution in [1.29, 1.82) is 0 Å². The van der Waals surface area contributed by atoms with Crippen LogP contribution in [-0.4, -0.2) is 33.6 Å². The minimum atomic E-state index is -0.540. The van der Waals surface area contributed by atoms with Crippen LogP contribution in [0.1, 0.15) is 16.8 Å². The molecular weight excluding hydrogens is 414 g/mol. The number of nitrogens with two attached hydrogens (primary N) is 1. The minimum Gasteiger partial charge on any atom is -0.508 e. The number of hydrogen-bond acceptors (Lipinski definition) is 6. The topological polar surface area (TPSA) is 107 Å². The van der Waals surface area contributed by atoms with Gasteiger partial charge in [-0.3, -0.25) is 14.0 Å². The van der Waals surface area contributed by atoms with Crippen molar-refractivity contribution >= 4 is 39.9 Å². The van der Waals surface area contributed by atoms with Crippen molar-refractivity contribution in [2.45, 2.75) is 12.5 Å². The van der Waals surface area contributed by atoms with E-state index in [0.717, 1.165) is 5.57 Å². The van der Waals surface area contributed by atoms with Crippen LogP contribution in [0.2, 0.25) is 0 Å². The largest absolute Gasteiger partial charge is 0.508 e. The summed E-state index contributed by atoms with van der Waals surface area (Å²) >= 11 is 7.29. The number of thiazole rings is 1. The molecule has 3 N–H and O–H groups in total. The number of carbonyl (C=O) groups is 1. The number of benzene rings is 1. The zero-order valence-electron chi connectivity index (χ0n) is 15.3. The highest BCUT2D eigenvalue weighted by atomic mass is 35.5. The number of nitrogens with zero attached hydrogens (tertiary/aromatic N) is 2. The van der Waals surface area contributed by atoms with E-state index in [1.54, 1.807) is 42.6 Å². The fourth-order valence-corrected chi connectivity index (χ4v) is 4.36. The van der Waals surface area contributed by atoms with Crippen molar-refractivity contribution < 1.29 is 14.6 Å². The maximum atomic E-state index is 12.8. The Kier molecular flexibility index (Phi) is 4.99. The minimum absolute atomic E-state index is 0.0162. The van der Waals surface area contributed by atoms with Gasteiger partial charge in [0.05, 0.1) is 15.3 Å². The first-order chi connectivity index (χ1) is 13.9. The molecule has 0 spiro atoms. The molecule has 0 bridgehead atoms. The van der Waals surface area contributed by atoms with Gasteiger partial charge < -0.3 is 15.6 Å². The van der Waals surface area contributed by atoms with E-state index in [9.17, 15) is 14.7 Å². The lowest BCUT2D eigenvalue weighted by molar-refractivity contribution is 0.0924. The number of hydrogen-bond donors (Lipinski definition) is 2. The maximum Gasteiger partial charge on any atom is 0.274 e. The number of carbonyl (C=O) groups excluding carboxylic acids is 1. The third kappa shape index (κ3) is 3.57. The Labute approximate surface area is 174 Å². The molecular formula is C20H16ClN3O4S. The van der Waals surface area contributed by atoms with Crippen LogP contribution in [0.3, 0.4) is 0 Å². The van der Waals surface area contributed by atoms with Crippen molar-refractivity contribution in [1.82, 2.24) is 9.38 Å². The number of aromatic nitrogens is 2. The number of aliphatic hydroxyl groups is 1. The van der Waals surface area contributed by atoms with Gasteiger partial charge in [-0.1, -0.05) is 35.1 Å². The maximum absolute atomic E-state index is 12.8. The highest BCUT2D eigenvalue weighted by molar-refractivity contribution is 7.15. The average molecular weight is 430 g/mol. The van der Waals surface area contributed by atoms with Crippen LogP contribution in [0.4, 0.5) is 0 Å². The zero-order chi connectivity index (χ0) is 20.7. The molecule has 1 aromatic carbocycles. The van der Waals surface area contributed by atoms with E-state index in [1.165, 1.54) is 22.8 Å². The number of ether oxygens (including phenoxy) is 1. The van der Waals surface area contributed by atoms with Gasteiger partial charge in [-0.15, -0.1) is 0 Å². The number of aliphatic hydroxyl groups excluding tert-OH is 1. The fraction of sp³-hybridized carbons (Fsp3) is 0.150. The normalized spacial score (nSPS) is 17.8. The Bertz CT molecular complexity index is 1300. The molecule has 1 aliphatic carbocycles. The first-order valence-electron chi connectivity index (χ1n) is 8.63. The number of amides is 1. The molecule has 0 saturated carbocycles. The lowest BCUT2D eigenvalue weighted by Gasteiger charge is -2.20. The number of allylic oxidation sites excluding steroid dienone is 2. The van der Waals surface area contributed by atoms with E-state index in [4.69, 9.17) is 22.1 Å². The predicted molar refractivity (Wildman–Crippen MR) is 112 cm³/mol. The van der Waals surface area contributed by atoms with E-state index in [0.29, 0.717) is 32.7 Å². The van der Waals surface area contributed by atoms with Crippen LogP contribution in [-0.2, 0) is 4.74 Å². The van der Waals surface area contributed by atoms with Gasteiger partial charge in [0.2, 0.25) is 5.91 Å². The molecule has 7 nitrogen and oxygen atoms in total. The number of imidazole rings is 1. The lowest BCUT2D eigenvalue weighted by Crippen LogP contribution is -2.24. The Hall–Kier alpha value is -2.94. The van der Waals surface area contributed by atoms with E-state index in [1.807, 2.05) is 0 Å². The molecule has 0 aliphatic heterocycles. The zero-order valence-corrected chi connectivity index (χ0v) is 16.8. The van der Waals surface area contributed by atoms with Gasteiger partial charge in [0, 0.05) is 30.9 Å². The molecule has 1 amide bonds. The molecule has 3 aromatic rings. The molecule has 4 rings (SSSR count). The second-order valence-electron chi connectivity index (χ2n) is 6.52. The van der Waals surface area contributed by atoms with Crippen LogP contribution in [0, 0.1) is 0 Å². The monoisotopic (exact) mass is 429 g/mol. The van der Waals surface area contributed by atoms with Gasteiger partial charge in [-0.05, 0) is 29.9 Å². The van der Waals surface area contributed by atoms with Crippen molar-refractivity contribution in [3.05, 3.63) is 73.4 Å². The summed E-state index contributed by atoms with van der Waals surface area (Å²) in [7, 11) is 1.49. The number of fused-ring (bicyclic) bond motifs is 1. The molecule has 2 aromatic heterocycles. The molecule has 148 valence electrons. The van der Waals surface area contributed by atoms with Crippen LogP contribution in [0.25, 0.3) is 22.3 Å². The van der Waals surface area contributed by atoms with Crippen molar-refractivity contribution in [2.24, 2.45) is 5.73 Å². The molecule has 1 unspecified atom stereocenters. The molecule has 1 atom stereocenters. The summed E-state index contributed by atoms with van der Waals surface area (Å²) in [5.41, 5.74) is 7.55. The second-order valence-corrected chi connectivity index (χ2v) is 7.94. The third-order valence-corrected chi connectivity index (χ3v) is 5.92. The van der Waals surface area contributed by atoms with Crippen molar-refractivity contribution in [2.75, 3.05) is 7.11 Å². The summed E-state index contributed by atoms with van der Waals surface area (Å²) in [5.74, 6) is -0.541. The summed E-state index contributed by atoms with van der Waals surface area (Å²) in [6.07, 6.45) is 4.85. The number of halogens is 1. The highest BCUT2D eigenvalue weighted by Gasteiger charge is 2.22. The molecule has 1 aliphatic rings. The predicted octanol–water partition coefficient (Wildman–Crippen LogP) is 2.37. The summed E-state index contributed by atoms with van der Waals surface area (Å²) in [5, 5.41) is 10.1. The van der Waals surface area contributed by atoms with Gasteiger partial charge in [-0.2, -0.15) is 0 Å². The smallest absolute Gasteiger partial charge is 0.274 e. The summed E-state index contributed by atoms with van der Waals surface area (Å²) < 4.78 is 7.19. The van der Waals surface area contributed by atoms with Gasteiger partial charge in [0.1, 0.15) is 11.9 Å². The summed E-state index contributed by atoms with van der Waals surface area (Å²) in [6.45, 7) is 0. The van der Waals surface area contributed by atoms with Crippen LogP contribution >= 0.6 is 22.9 Å². The summed E-state index contributed by atoms with van der Waals surface area (Å²) in [6, 6.07) is 6.78. The van der Waals surface area contributed by atoms with E-state index >= 15 is 0 Å². The van der Waals surface area contributed by atoms with Crippen molar-refractivity contribution in [3.8, 4) is 11.3 Å². The number of rotatable bonds is 4. The van der Waals surface area contributed by atoms with Gasteiger partial charge in [-0.25, -0.2) is 4.98 Å². The van der Waals surface area contributed by atoms with Crippen LogP contribution < -0.4 is 15.8 Å². The Balaban J connectivity index is 1.74. The number of primary amides is 1. The number of methoxy groups -OCH3 is 1. The first kappa shape index (κ1) is 19.4. The van der Waals surface area contributed by atoms with Crippen LogP contribution in [0.15, 0.2) is 57.7 Å². The Morgan fingerprint density at radius 2 is 2.28 bits per heavy atom. The van der Waals surface area contributed by atoms with Gasteiger partial charge in [0.15, 0.2) is 4.96 Å². The Morgan fingerprint density at radius 3 is 2.97 bits per heavy atom. The molecule has 2 heterocycles. The Morgan fingerprint density at radius 1 is 1.48 bits per heavy atom. The quantitative estimate of drug-likeness (QED) is 0.662. The van der Waals surface area contributed by atoms with E-state index in [-0.39, 0.29) is 16.4 Å². The van der Waals surface area contributed by atoms with Gasteiger partial charge >= 0.3 is 0 Å². The fourth-order valence-electron chi connectivity index (χ4n) is 3.13. The molecule has 0 radical (unpaired) electrons. The lowest BCUT2D eigenvalue weighted by atomic mass is 10.0. The molecule has 0 fully saturated rings. The summed E-state index contributed by atoms with van der Waals surface area (Å²) in [4.78, 5) is 29.2. The molecule has 9 heteroatoms. The van der Waals surface area contributed by atoms with Gasteiger partial charge in [0.25, 0.3) is 5.56 Å². The SMILES string of the molecule is COC1CC(/C=c2\sc3nc(-c4cccc(C(N)=O)c4)cn3c2=O)=CC(Cl)=C1O. The average Bonchev–Trinajstić information content (AvgIpc) is 3.24. The standard InChI is InChI=1S/C20H16ClN3O4S/c1-28-15-6-10(5-13(21)17(15)25)7-16-19(27)24-9-14(23-20(24)29-16)11-3-2-4-12(8-11)18(22)26/h2-5,7-9,15,25H,6H2,1H3,(H2,22,26)/b16-7-. The third-order valence-electron chi connectivity index (χ3n) is 4.63. The molecule has 29 heavy (non-hydrogen) atoms.